The lowest BCUT2D eigenvalue weighted by molar-refractivity contribution is 0.0962. The molecule has 0 saturated carbocycles. The lowest BCUT2D eigenvalue weighted by Crippen LogP contribution is -2.32. The molecule has 0 bridgehead atoms. The fourth-order valence-electron chi connectivity index (χ4n) is 3.56. The van der Waals surface area contributed by atoms with Gasteiger partial charge in [0, 0.05) is 25.5 Å². The first-order valence-corrected chi connectivity index (χ1v) is 9.89. The molecule has 0 fully saturated rings. The van der Waals surface area contributed by atoms with Gasteiger partial charge < -0.3 is 9.32 Å². The van der Waals surface area contributed by atoms with Crippen molar-refractivity contribution in [2.45, 2.75) is 6.42 Å². The molecule has 1 aliphatic heterocycles. The van der Waals surface area contributed by atoms with Crippen molar-refractivity contribution in [3.8, 4) is 0 Å². The number of hydrogen-bond donors (Lipinski definition) is 0. The maximum atomic E-state index is 13.4. The van der Waals surface area contributed by atoms with Crippen LogP contribution in [0.15, 0.2) is 57.4 Å². The number of halogens is 1. The highest BCUT2D eigenvalue weighted by molar-refractivity contribution is 9.10. The minimum atomic E-state index is -0.204. The highest BCUT2D eigenvalue weighted by Gasteiger charge is 2.29. The molecule has 1 amide bonds. The van der Waals surface area contributed by atoms with Crippen molar-refractivity contribution < 1.29 is 9.21 Å². The van der Waals surface area contributed by atoms with Gasteiger partial charge in [-0.2, -0.15) is 0 Å². The molecule has 0 saturated heterocycles. The Morgan fingerprint density at radius 3 is 2.54 bits per heavy atom. The molecule has 0 N–H and O–H groups in total. The van der Waals surface area contributed by atoms with E-state index in [1.807, 2.05) is 49.5 Å². The van der Waals surface area contributed by atoms with E-state index in [0.717, 1.165) is 33.9 Å². The van der Waals surface area contributed by atoms with Gasteiger partial charge in [-0.05, 0) is 46.6 Å². The lowest BCUT2D eigenvalue weighted by Gasteiger charge is -2.22. The van der Waals surface area contributed by atoms with Gasteiger partial charge in [-0.25, -0.2) is 9.97 Å². The first kappa shape index (κ1) is 17.2. The van der Waals surface area contributed by atoms with Crippen molar-refractivity contribution in [3.05, 3.63) is 58.8 Å². The third-order valence-electron chi connectivity index (χ3n) is 4.98. The van der Waals surface area contributed by atoms with Gasteiger partial charge in [0.05, 0.1) is 15.5 Å². The molecular weight excluding hydrogens is 420 g/mol. The fourth-order valence-corrected chi connectivity index (χ4v) is 4.02. The van der Waals surface area contributed by atoms with Gasteiger partial charge >= 0.3 is 0 Å². The number of para-hydroxylation sites is 3. The van der Waals surface area contributed by atoms with E-state index in [2.05, 4.69) is 20.8 Å². The summed E-state index contributed by atoms with van der Waals surface area (Å²) in [7, 11) is 1.98. The van der Waals surface area contributed by atoms with Crippen molar-refractivity contribution >= 4 is 55.5 Å². The number of aromatic nitrogens is 2. The standard InChI is InChI=1S/C21H17BrN4O2/c1-25-10-5-11-26(20-19(25)23-15-8-2-3-9-16(15)24-20)21(27)17-12-13-6-4-7-14(22)18(13)28-17/h2-4,6-9,12H,5,10-11H2,1H3. The highest BCUT2D eigenvalue weighted by Crippen LogP contribution is 2.33. The van der Waals surface area contributed by atoms with Gasteiger partial charge in [-0.1, -0.05) is 24.3 Å². The molecule has 1 aliphatic rings. The van der Waals surface area contributed by atoms with E-state index in [9.17, 15) is 4.79 Å². The summed E-state index contributed by atoms with van der Waals surface area (Å²) in [5.74, 6) is 1.38. The number of hydrogen-bond acceptors (Lipinski definition) is 5. The molecule has 0 unspecified atom stereocenters. The second-order valence-electron chi connectivity index (χ2n) is 6.86. The molecule has 2 aromatic carbocycles. The van der Waals surface area contributed by atoms with Crippen molar-refractivity contribution in [2.75, 3.05) is 29.9 Å². The van der Waals surface area contributed by atoms with Gasteiger partial charge in [-0.3, -0.25) is 9.69 Å². The number of amides is 1. The number of rotatable bonds is 1. The number of anilines is 2. The molecule has 6 nitrogen and oxygen atoms in total. The normalized spacial score (nSPS) is 14.4. The summed E-state index contributed by atoms with van der Waals surface area (Å²) < 4.78 is 6.71. The van der Waals surface area contributed by atoms with Gasteiger partial charge in [0.25, 0.3) is 5.91 Å². The van der Waals surface area contributed by atoms with Crippen LogP contribution >= 0.6 is 15.9 Å². The number of carbonyl (C=O) groups is 1. The first-order valence-electron chi connectivity index (χ1n) is 9.09. The maximum absolute atomic E-state index is 13.4. The molecule has 0 radical (unpaired) electrons. The zero-order valence-electron chi connectivity index (χ0n) is 15.2. The Morgan fingerprint density at radius 1 is 1.04 bits per heavy atom. The first-order chi connectivity index (χ1) is 13.6. The molecule has 0 aliphatic carbocycles. The Bertz CT molecular complexity index is 1220. The lowest BCUT2D eigenvalue weighted by atomic mass is 10.2. The van der Waals surface area contributed by atoms with E-state index in [0.29, 0.717) is 29.5 Å². The van der Waals surface area contributed by atoms with E-state index < -0.39 is 0 Å². The molecule has 5 rings (SSSR count). The third kappa shape index (κ3) is 2.74. The second-order valence-corrected chi connectivity index (χ2v) is 7.71. The van der Waals surface area contributed by atoms with Crippen LogP contribution < -0.4 is 9.80 Å². The molecular formula is C21H17BrN4O2. The number of benzene rings is 2. The topological polar surface area (TPSA) is 62.5 Å². The molecule has 140 valence electrons. The SMILES string of the molecule is CN1CCCN(C(=O)c2cc3cccc(Br)c3o2)c2nc3ccccc3nc21. The number of fused-ring (bicyclic) bond motifs is 3. The van der Waals surface area contributed by atoms with Crippen LogP contribution in [0, 0.1) is 0 Å². The quantitative estimate of drug-likeness (QED) is 0.435. The summed E-state index contributed by atoms with van der Waals surface area (Å²) in [6.45, 7) is 1.36. The van der Waals surface area contributed by atoms with E-state index in [-0.39, 0.29) is 5.91 Å². The van der Waals surface area contributed by atoms with Crippen molar-refractivity contribution in [2.24, 2.45) is 0 Å². The van der Waals surface area contributed by atoms with Crippen LogP contribution in [0.2, 0.25) is 0 Å². The largest absolute Gasteiger partial charge is 0.450 e. The fraction of sp³-hybridized carbons (Fsp3) is 0.190. The van der Waals surface area contributed by atoms with Crippen LogP contribution in [0.25, 0.3) is 22.0 Å². The number of nitrogens with zero attached hydrogens (tertiary/aromatic N) is 4. The molecule has 0 atom stereocenters. The van der Waals surface area contributed by atoms with E-state index in [1.54, 1.807) is 11.0 Å². The Hall–Kier alpha value is -2.93. The van der Waals surface area contributed by atoms with Gasteiger partial charge in [0.1, 0.15) is 5.58 Å². The predicted octanol–water partition coefficient (Wildman–Crippen LogP) is 4.63. The smallest absolute Gasteiger partial charge is 0.295 e. The monoisotopic (exact) mass is 436 g/mol. The van der Waals surface area contributed by atoms with E-state index in [1.165, 1.54) is 0 Å². The number of carbonyl (C=O) groups excluding carboxylic acids is 1. The minimum Gasteiger partial charge on any atom is -0.450 e. The average Bonchev–Trinajstić information content (AvgIpc) is 3.09. The second kappa shape index (κ2) is 6.60. The minimum absolute atomic E-state index is 0.204. The van der Waals surface area contributed by atoms with Crippen LogP contribution in [0.4, 0.5) is 11.6 Å². The Morgan fingerprint density at radius 2 is 1.79 bits per heavy atom. The Balaban J connectivity index is 1.64. The van der Waals surface area contributed by atoms with Crippen LogP contribution in [-0.2, 0) is 0 Å². The zero-order chi connectivity index (χ0) is 19.3. The van der Waals surface area contributed by atoms with Gasteiger partial charge in [0.15, 0.2) is 17.4 Å². The Labute approximate surface area is 169 Å². The summed E-state index contributed by atoms with van der Waals surface area (Å²) in [5, 5.41) is 0.884. The summed E-state index contributed by atoms with van der Waals surface area (Å²) in [6, 6.07) is 15.2. The predicted molar refractivity (Wildman–Crippen MR) is 113 cm³/mol. The van der Waals surface area contributed by atoms with Gasteiger partial charge in [-0.15, -0.1) is 0 Å². The Kier molecular flexibility index (Phi) is 4.05. The molecule has 28 heavy (non-hydrogen) atoms. The van der Waals surface area contributed by atoms with Crippen molar-refractivity contribution in [1.82, 2.24) is 9.97 Å². The highest BCUT2D eigenvalue weighted by atomic mass is 79.9. The zero-order valence-corrected chi connectivity index (χ0v) is 16.8. The van der Waals surface area contributed by atoms with Crippen LogP contribution in [0.3, 0.4) is 0 Å². The van der Waals surface area contributed by atoms with Gasteiger partial charge in [0.2, 0.25) is 0 Å². The average molecular weight is 437 g/mol. The van der Waals surface area contributed by atoms with E-state index in [4.69, 9.17) is 14.4 Å². The summed E-state index contributed by atoms with van der Waals surface area (Å²) in [6.07, 6.45) is 0.820. The maximum Gasteiger partial charge on any atom is 0.295 e. The summed E-state index contributed by atoms with van der Waals surface area (Å²) in [5.41, 5.74) is 2.25. The molecule has 0 spiro atoms. The third-order valence-corrected chi connectivity index (χ3v) is 5.60. The molecule has 2 aromatic heterocycles. The number of furan rings is 1. The molecule has 3 heterocycles. The van der Waals surface area contributed by atoms with Crippen molar-refractivity contribution in [1.29, 1.82) is 0 Å². The van der Waals surface area contributed by atoms with Crippen LogP contribution in [0.5, 0.6) is 0 Å². The van der Waals surface area contributed by atoms with Crippen LogP contribution in [0.1, 0.15) is 17.0 Å². The molecule has 4 aromatic rings. The molecule has 7 heteroatoms. The summed E-state index contributed by atoms with van der Waals surface area (Å²) in [4.78, 5) is 26.7. The van der Waals surface area contributed by atoms with Crippen LogP contribution in [-0.4, -0.2) is 36.0 Å². The van der Waals surface area contributed by atoms with E-state index >= 15 is 0 Å². The van der Waals surface area contributed by atoms with Crippen molar-refractivity contribution in [3.63, 3.8) is 0 Å². The summed E-state index contributed by atoms with van der Waals surface area (Å²) >= 11 is 3.48.